The first-order chi connectivity index (χ1) is 11.8. The Balaban J connectivity index is 3.39. The molecule has 0 atom stereocenters. The second kappa shape index (κ2) is 15.3. The summed E-state index contributed by atoms with van der Waals surface area (Å²) in [5.74, 6) is 5.99. The molecule has 0 aromatic carbocycles. The lowest BCUT2D eigenvalue weighted by atomic mass is 9.93. The highest BCUT2D eigenvalue weighted by Crippen LogP contribution is 2.17. The van der Waals surface area contributed by atoms with Crippen molar-refractivity contribution in [1.82, 2.24) is 0 Å². The van der Waals surface area contributed by atoms with E-state index in [1.807, 2.05) is 0 Å². The standard InChI is InChI=1S/C19H39N3O3/c1-17(2)6-7-18(22-20)16-21-9-11-24-13-15-25-14-12-23-10-8-19(3,4)5/h16-17H,6-15,20H2,1-5H3/b21-16?,22-18-. The molecule has 0 aromatic rings. The Morgan fingerprint density at radius 1 is 0.960 bits per heavy atom. The molecule has 0 unspecified atom stereocenters. The van der Waals surface area contributed by atoms with E-state index >= 15 is 0 Å². The van der Waals surface area contributed by atoms with E-state index in [1.54, 1.807) is 6.21 Å². The molecule has 0 spiro atoms. The van der Waals surface area contributed by atoms with Crippen molar-refractivity contribution in [2.45, 2.75) is 53.9 Å². The summed E-state index contributed by atoms with van der Waals surface area (Å²) in [6.45, 7) is 15.4. The van der Waals surface area contributed by atoms with Crippen molar-refractivity contribution >= 4 is 11.9 Å². The van der Waals surface area contributed by atoms with Crippen LogP contribution in [-0.4, -0.2) is 58.1 Å². The lowest BCUT2D eigenvalue weighted by Crippen LogP contribution is -2.13. The Bertz CT molecular complexity index is 363. The van der Waals surface area contributed by atoms with E-state index in [-0.39, 0.29) is 0 Å². The van der Waals surface area contributed by atoms with Gasteiger partial charge in [-0.15, -0.1) is 0 Å². The number of hydrazone groups is 1. The maximum absolute atomic E-state index is 5.53. The van der Waals surface area contributed by atoms with Gasteiger partial charge in [-0.1, -0.05) is 34.6 Å². The van der Waals surface area contributed by atoms with Gasteiger partial charge >= 0.3 is 0 Å². The highest BCUT2D eigenvalue weighted by atomic mass is 16.5. The van der Waals surface area contributed by atoms with Gasteiger partial charge in [0.2, 0.25) is 0 Å². The van der Waals surface area contributed by atoms with Gasteiger partial charge in [0.05, 0.1) is 45.3 Å². The van der Waals surface area contributed by atoms with Gasteiger partial charge in [-0.05, 0) is 30.6 Å². The molecular weight excluding hydrogens is 318 g/mol. The van der Waals surface area contributed by atoms with Crippen molar-refractivity contribution in [1.29, 1.82) is 0 Å². The number of nitrogens with two attached hydrogens (primary N) is 1. The summed E-state index contributed by atoms with van der Waals surface area (Å²) in [5.41, 5.74) is 1.16. The third-order valence-electron chi connectivity index (χ3n) is 3.49. The summed E-state index contributed by atoms with van der Waals surface area (Å²) >= 11 is 0. The fraction of sp³-hybridized carbons (Fsp3) is 0.895. The maximum atomic E-state index is 5.53. The first kappa shape index (κ1) is 24.0. The quantitative estimate of drug-likeness (QED) is 0.211. The molecule has 0 aromatic heterocycles. The first-order valence-electron chi connectivity index (χ1n) is 9.35. The zero-order valence-corrected chi connectivity index (χ0v) is 16.9. The molecule has 0 saturated heterocycles. The SMILES string of the molecule is CC(C)CC/C(C=NCCOCCOCCOCCC(C)(C)C)=N/N. The van der Waals surface area contributed by atoms with Gasteiger partial charge in [-0.3, -0.25) is 4.99 Å². The minimum absolute atomic E-state index is 0.322. The zero-order chi connectivity index (χ0) is 19.0. The zero-order valence-electron chi connectivity index (χ0n) is 16.9. The molecule has 25 heavy (non-hydrogen) atoms. The van der Waals surface area contributed by atoms with E-state index in [9.17, 15) is 0 Å². The highest BCUT2D eigenvalue weighted by Gasteiger charge is 2.08. The van der Waals surface area contributed by atoms with E-state index < -0.39 is 0 Å². The number of hydrogen-bond donors (Lipinski definition) is 1. The molecule has 0 amide bonds. The van der Waals surface area contributed by atoms with Gasteiger partial charge in [0.25, 0.3) is 0 Å². The van der Waals surface area contributed by atoms with Crippen LogP contribution in [0.2, 0.25) is 0 Å². The minimum atomic E-state index is 0.322. The van der Waals surface area contributed by atoms with Crippen LogP contribution in [0.25, 0.3) is 0 Å². The molecule has 148 valence electrons. The summed E-state index contributed by atoms with van der Waals surface area (Å²) in [7, 11) is 0. The highest BCUT2D eigenvalue weighted by molar-refractivity contribution is 6.30. The van der Waals surface area contributed by atoms with E-state index in [4.69, 9.17) is 20.1 Å². The molecule has 0 rings (SSSR count). The molecule has 6 nitrogen and oxygen atoms in total. The van der Waals surface area contributed by atoms with Crippen molar-refractivity contribution in [2.24, 2.45) is 27.3 Å². The van der Waals surface area contributed by atoms with Crippen LogP contribution >= 0.6 is 0 Å². The van der Waals surface area contributed by atoms with Crippen LogP contribution in [0.15, 0.2) is 10.1 Å². The molecule has 0 heterocycles. The number of ether oxygens (including phenoxy) is 3. The van der Waals surface area contributed by atoms with Crippen LogP contribution in [0.1, 0.15) is 53.9 Å². The fourth-order valence-corrected chi connectivity index (χ4v) is 1.81. The summed E-state index contributed by atoms with van der Waals surface area (Å²) in [5, 5.41) is 3.76. The molecule has 6 heteroatoms. The van der Waals surface area contributed by atoms with E-state index in [2.05, 4.69) is 44.7 Å². The second-order valence-electron chi connectivity index (χ2n) is 7.74. The summed E-state index contributed by atoms with van der Waals surface area (Å²) < 4.78 is 16.5. The van der Waals surface area contributed by atoms with Gasteiger partial charge < -0.3 is 20.1 Å². The topological polar surface area (TPSA) is 78.4 Å². The van der Waals surface area contributed by atoms with Crippen LogP contribution in [0.3, 0.4) is 0 Å². The fourth-order valence-electron chi connectivity index (χ4n) is 1.81. The summed E-state index contributed by atoms with van der Waals surface area (Å²) in [6, 6.07) is 0. The van der Waals surface area contributed by atoms with Gasteiger partial charge in [0, 0.05) is 12.8 Å². The largest absolute Gasteiger partial charge is 0.379 e. The number of aliphatic imine (C=N–C) groups is 1. The van der Waals surface area contributed by atoms with E-state index in [1.165, 1.54) is 0 Å². The van der Waals surface area contributed by atoms with Crippen LogP contribution in [0.5, 0.6) is 0 Å². The van der Waals surface area contributed by atoms with Crippen molar-refractivity contribution in [3.8, 4) is 0 Å². The minimum Gasteiger partial charge on any atom is -0.379 e. The lowest BCUT2D eigenvalue weighted by Gasteiger charge is -2.17. The third kappa shape index (κ3) is 19.2. The van der Waals surface area contributed by atoms with Crippen molar-refractivity contribution in [2.75, 3.05) is 46.2 Å². The number of nitrogens with zero attached hydrogens (tertiary/aromatic N) is 2. The lowest BCUT2D eigenvalue weighted by molar-refractivity contribution is 0.0117. The Labute approximate surface area is 154 Å². The Morgan fingerprint density at radius 2 is 1.52 bits per heavy atom. The van der Waals surface area contributed by atoms with Gasteiger partial charge in [0.1, 0.15) is 0 Å². The van der Waals surface area contributed by atoms with Crippen molar-refractivity contribution in [3.05, 3.63) is 0 Å². The average molecular weight is 358 g/mol. The summed E-state index contributed by atoms with van der Waals surface area (Å²) in [6.07, 6.45) is 4.74. The predicted octanol–water partition coefficient (Wildman–Crippen LogP) is 3.29. The van der Waals surface area contributed by atoms with E-state index in [0.717, 1.165) is 31.6 Å². The molecule has 0 aliphatic rings. The molecular formula is C19H39N3O3. The molecule has 0 aliphatic heterocycles. The molecule has 2 N–H and O–H groups in total. The first-order valence-corrected chi connectivity index (χ1v) is 9.35. The van der Waals surface area contributed by atoms with Crippen LogP contribution in [-0.2, 0) is 14.2 Å². The number of hydrogen-bond acceptors (Lipinski definition) is 6. The van der Waals surface area contributed by atoms with Gasteiger partial charge in [0.15, 0.2) is 0 Å². The molecule has 0 fully saturated rings. The van der Waals surface area contributed by atoms with Crippen LogP contribution in [0.4, 0.5) is 0 Å². The smallest absolute Gasteiger partial charge is 0.0778 e. The average Bonchev–Trinajstić information content (AvgIpc) is 2.53. The monoisotopic (exact) mass is 357 g/mol. The summed E-state index contributed by atoms with van der Waals surface area (Å²) in [4.78, 5) is 4.29. The van der Waals surface area contributed by atoms with Crippen molar-refractivity contribution < 1.29 is 14.2 Å². The molecule has 0 bridgehead atoms. The normalized spacial score (nSPS) is 13.3. The Hall–Kier alpha value is -0.980. The second-order valence-corrected chi connectivity index (χ2v) is 7.74. The van der Waals surface area contributed by atoms with Crippen molar-refractivity contribution in [3.63, 3.8) is 0 Å². The Morgan fingerprint density at radius 3 is 2.04 bits per heavy atom. The molecule has 0 saturated carbocycles. The maximum Gasteiger partial charge on any atom is 0.0778 e. The Kier molecular flexibility index (Phi) is 14.7. The van der Waals surface area contributed by atoms with Crippen LogP contribution < -0.4 is 5.84 Å². The molecule has 0 radical (unpaired) electrons. The molecule has 0 aliphatic carbocycles. The van der Waals surface area contributed by atoms with E-state index in [0.29, 0.717) is 50.9 Å². The number of rotatable bonds is 15. The van der Waals surface area contributed by atoms with Crippen LogP contribution in [0, 0.1) is 11.3 Å². The third-order valence-corrected chi connectivity index (χ3v) is 3.49. The van der Waals surface area contributed by atoms with Gasteiger partial charge in [-0.2, -0.15) is 5.10 Å². The predicted molar refractivity (Wildman–Crippen MR) is 106 cm³/mol. The van der Waals surface area contributed by atoms with Gasteiger partial charge in [-0.25, -0.2) is 0 Å².